The van der Waals surface area contributed by atoms with Crippen LogP contribution in [0.3, 0.4) is 0 Å². The second-order valence-electron chi connectivity index (χ2n) is 9.40. The van der Waals surface area contributed by atoms with Crippen LogP contribution in [0.1, 0.15) is 16.7 Å². The van der Waals surface area contributed by atoms with Crippen molar-refractivity contribution < 1.29 is 0 Å². The normalized spacial score (nSPS) is 11.4. The maximum atomic E-state index is 8.08. The second-order valence-corrected chi connectivity index (χ2v) is 14.0. The van der Waals surface area contributed by atoms with Crippen molar-refractivity contribution in [3.05, 3.63) is 71.3 Å². The molecule has 170 valence electrons. The molecule has 0 atom stereocenters. The van der Waals surface area contributed by atoms with Crippen LogP contribution in [0.5, 0.6) is 0 Å². The van der Waals surface area contributed by atoms with Crippen molar-refractivity contribution in [2.24, 2.45) is 0 Å². The number of aryl methyl sites for hydroxylation is 3. The molecule has 0 N–H and O–H groups in total. The molecular weight excluding hydrogens is 430 g/mol. The highest BCUT2D eigenvalue weighted by atomic mass is 35.6. The summed E-state index contributed by atoms with van der Waals surface area (Å²) in [5, 5.41) is 3.65. The molecule has 0 amide bonds. The summed E-state index contributed by atoms with van der Waals surface area (Å²) in [7, 11) is 9.71. The fourth-order valence-electron chi connectivity index (χ4n) is 4.34. The molecule has 0 saturated heterocycles. The number of hydrogen-bond donors (Lipinski definition) is 0. The minimum atomic E-state index is -2.92. The fourth-order valence-corrected chi connectivity index (χ4v) is 9.54. The predicted molar refractivity (Wildman–Crippen MR) is 147 cm³/mol. The molecule has 0 aliphatic rings. The minimum Gasteiger partial charge on any atom is -0.378 e. The summed E-state index contributed by atoms with van der Waals surface area (Å²) in [5.41, 5.74) is 7.25. The van der Waals surface area contributed by atoms with Crippen LogP contribution in [0.25, 0.3) is 0 Å². The van der Waals surface area contributed by atoms with E-state index >= 15 is 0 Å². The third-order valence-corrected chi connectivity index (χ3v) is 11.3. The SMILES string of the molecule is Cc1ccc([Si](Cl)(c2ccc(C)cc2N(C)C)c2ccc(C)cc2N(C)C)c(N(C)C)c1. The second kappa shape index (κ2) is 9.20. The van der Waals surface area contributed by atoms with E-state index in [1.54, 1.807) is 0 Å². The van der Waals surface area contributed by atoms with Crippen LogP contribution in [0.15, 0.2) is 54.6 Å². The first-order valence-electron chi connectivity index (χ1n) is 11.0. The number of halogens is 1. The maximum Gasteiger partial charge on any atom is 0.254 e. The van der Waals surface area contributed by atoms with Gasteiger partial charge in [0.15, 0.2) is 0 Å². The van der Waals surface area contributed by atoms with E-state index in [2.05, 4.69) is 132 Å². The van der Waals surface area contributed by atoms with E-state index in [1.807, 2.05) is 0 Å². The summed E-state index contributed by atoms with van der Waals surface area (Å²) in [4.78, 5) is 6.58. The van der Waals surface area contributed by atoms with Crippen LogP contribution in [-0.4, -0.2) is 49.7 Å². The Hall–Kier alpha value is -2.43. The Morgan fingerprint density at radius 3 is 0.969 bits per heavy atom. The van der Waals surface area contributed by atoms with Crippen molar-refractivity contribution in [1.82, 2.24) is 0 Å². The van der Waals surface area contributed by atoms with Gasteiger partial charge in [-0.25, -0.2) is 0 Å². The maximum absolute atomic E-state index is 8.08. The smallest absolute Gasteiger partial charge is 0.254 e. The van der Waals surface area contributed by atoms with Gasteiger partial charge in [0.1, 0.15) is 0 Å². The first-order valence-corrected chi connectivity index (χ1v) is 14.0. The third kappa shape index (κ3) is 4.39. The highest BCUT2D eigenvalue weighted by molar-refractivity contribution is 7.41. The molecule has 0 radical (unpaired) electrons. The Balaban J connectivity index is 2.51. The molecule has 0 spiro atoms. The van der Waals surface area contributed by atoms with Crippen molar-refractivity contribution in [3.63, 3.8) is 0 Å². The topological polar surface area (TPSA) is 9.72 Å². The summed E-state index contributed by atoms with van der Waals surface area (Å²) in [6.45, 7) is 6.42. The standard InChI is InChI=1S/C27H36ClN3Si/c1-19-10-13-25(22(16-19)29(4)5)32(28,26-14-11-20(2)17-23(26)30(6)7)27-15-12-21(3)18-24(27)31(8)9/h10-18H,1-9H3. The number of benzene rings is 3. The van der Waals surface area contributed by atoms with Gasteiger partial charge >= 0.3 is 0 Å². The van der Waals surface area contributed by atoms with Crippen LogP contribution in [0.4, 0.5) is 17.1 Å². The van der Waals surface area contributed by atoms with Crippen LogP contribution >= 0.6 is 11.1 Å². The van der Waals surface area contributed by atoms with E-state index in [1.165, 1.54) is 49.3 Å². The first-order chi connectivity index (χ1) is 15.0. The van der Waals surface area contributed by atoms with Crippen LogP contribution in [0.2, 0.25) is 0 Å². The van der Waals surface area contributed by atoms with Gasteiger partial charge in [-0.3, -0.25) is 0 Å². The Morgan fingerprint density at radius 1 is 0.500 bits per heavy atom. The van der Waals surface area contributed by atoms with E-state index in [9.17, 15) is 0 Å². The lowest BCUT2D eigenvalue weighted by molar-refractivity contribution is 1.13. The average molecular weight is 466 g/mol. The highest BCUT2D eigenvalue weighted by Gasteiger charge is 2.44. The van der Waals surface area contributed by atoms with Crippen molar-refractivity contribution in [2.45, 2.75) is 20.8 Å². The van der Waals surface area contributed by atoms with Crippen LogP contribution < -0.4 is 30.3 Å². The summed E-state index contributed by atoms with van der Waals surface area (Å²) < 4.78 is 0. The zero-order valence-corrected chi connectivity index (χ0v) is 22.7. The van der Waals surface area contributed by atoms with E-state index < -0.39 is 7.38 Å². The number of nitrogens with zero attached hydrogens (tertiary/aromatic N) is 3. The molecule has 0 aliphatic carbocycles. The lowest BCUT2D eigenvalue weighted by Gasteiger charge is -2.36. The summed E-state index contributed by atoms with van der Waals surface area (Å²) in [6.07, 6.45) is 0. The molecule has 3 rings (SSSR count). The molecule has 0 bridgehead atoms. The van der Waals surface area contributed by atoms with Gasteiger partial charge in [0.2, 0.25) is 0 Å². The average Bonchev–Trinajstić information content (AvgIpc) is 2.72. The van der Waals surface area contributed by atoms with Crippen LogP contribution in [-0.2, 0) is 0 Å². The molecule has 3 aromatic rings. The van der Waals surface area contributed by atoms with E-state index in [0.717, 1.165) is 0 Å². The van der Waals surface area contributed by atoms with Gasteiger partial charge in [-0.2, -0.15) is 0 Å². The molecule has 0 unspecified atom stereocenters. The molecular formula is C27H36ClN3Si. The Labute approximate surface area is 199 Å². The van der Waals surface area contributed by atoms with E-state index in [4.69, 9.17) is 11.1 Å². The minimum absolute atomic E-state index is 1.18. The molecule has 0 aliphatic heterocycles. The number of hydrogen-bond acceptors (Lipinski definition) is 3. The monoisotopic (exact) mass is 465 g/mol. The Kier molecular flexibility index (Phi) is 6.96. The zero-order valence-electron chi connectivity index (χ0n) is 20.9. The number of anilines is 3. The summed E-state index contributed by atoms with van der Waals surface area (Å²) in [6, 6.07) is 20.1. The van der Waals surface area contributed by atoms with Gasteiger partial charge in [-0.05, 0) is 71.2 Å². The number of rotatable bonds is 6. The first kappa shape index (κ1) is 24.2. The summed E-state index contributed by atoms with van der Waals surface area (Å²) in [5.74, 6) is 0. The molecule has 0 fully saturated rings. The van der Waals surface area contributed by atoms with Gasteiger partial charge < -0.3 is 14.7 Å². The van der Waals surface area contributed by atoms with Gasteiger partial charge in [0, 0.05) is 59.3 Å². The van der Waals surface area contributed by atoms with Crippen molar-refractivity contribution >= 4 is 51.1 Å². The fraction of sp³-hybridized carbons (Fsp3) is 0.333. The van der Waals surface area contributed by atoms with E-state index in [0.29, 0.717) is 0 Å². The van der Waals surface area contributed by atoms with E-state index in [-0.39, 0.29) is 0 Å². The zero-order chi connectivity index (χ0) is 23.8. The molecule has 3 aromatic carbocycles. The molecule has 0 aromatic heterocycles. The lowest BCUT2D eigenvalue weighted by Crippen LogP contribution is -2.65. The highest BCUT2D eigenvalue weighted by Crippen LogP contribution is 2.27. The third-order valence-electron chi connectivity index (χ3n) is 6.02. The van der Waals surface area contributed by atoms with Gasteiger partial charge in [0.25, 0.3) is 7.38 Å². The van der Waals surface area contributed by atoms with Gasteiger partial charge in [0.05, 0.1) is 0 Å². The molecule has 0 saturated carbocycles. The van der Waals surface area contributed by atoms with Crippen molar-refractivity contribution in [3.8, 4) is 0 Å². The summed E-state index contributed by atoms with van der Waals surface area (Å²) >= 11 is 8.08. The Bertz CT molecular complexity index is 982. The Morgan fingerprint density at radius 2 is 0.750 bits per heavy atom. The van der Waals surface area contributed by atoms with Gasteiger partial charge in [-0.15, -0.1) is 11.1 Å². The quantitative estimate of drug-likeness (QED) is 0.309. The molecule has 3 nitrogen and oxygen atoms in total. The predicted octanol–water partition coefficient (Wildman–Crippen LogP) is 4.02. The largest absolute Gasteiger partial charge is 0.378 e. The van der Waals surface area contributed by atoms with Crippen molar-refractivity contribution in [1.29, 1.82) is 0 Å². The van der Waals surface area contributed by atoms with Crippen molar-refractivity contribution in [2.75, 3.05) is 57.0 Å². The molecule has 5 heteroatoms. The molecule has 32 heavy (non-hydrogen) atoms. The van der Waals surface area contributed by atoms with Gasteiger partial charge in [-0.1, -0.05) is 36.4 Å². The lowest BCUT2D eigenvalue weighted by atomic mass is 10.2. The molecule has 0 heterocycles. The van der Waals surface area contributed by atoms with Crippen LogP contribution in [0, 0.1) is 20.8 Å².